The van der Waals surface area contributed by atoms with Crippen LogP contribution in [0.5, 0.6) is 0 Å². The quantitative estimate of drug-likeness (QED) is 0.803. The van der Waals surface area contributed by atoms with Crippen LogP contribution in [-0.2, 0) is 6.54 Å². The first-order valence-corrected chi connectivity index (χ1v) is 6.91. The monoisotopic (exact) mass is 262 g/mol. The number of hydrogen-bond donors (Lipinski definition) is 1. The third-order valence-electron chi connectivity index (χ3n) is 2.96. The minimum absolute atomic E-state index is 0.233. The summed E-state index contributed by atoms with van der Waals surface area (Å²) in [4.78, 5) is 4.31. The van der Waals surface area contributed by atoms with Crippen molar-refractivity contribution in [2.24, 2.45) is 0 Å². The van der Waals surface area contributed by atoms with Gasteiger partial charge in [-0.3, -0.25) is 4.98 Å². The first kappa shape index (κ1) is 13.3. The van der Waals surface area contributed by atoms with Crippen molar-refractivity contribution in [3.63, 3.8) is 0 Å². The molecule has 18 heavy (non-hydrogen) atoms. The molecular formula is C15H19ClN2. The normalized spacial score (nSPS) is 12.8. The van der Waals surface area contributed by atoms with Crippen molar-refractivity contribution < 1.29 is 0 Å². The Bertz CT molecular complexity index is 499. The van der Waals surface area contributed by atoms with Crippen molar-refractivity contribution in [1.82, 2.24) is 10.3 Å². The molecule has 0 saturated carbocycles. The summed E-state index contributed by atoms with van der Waals surface area (Å²) in [5, 5.41) is 4.82. The highest BCUT2D eigenvalue weighted by atomic mass is 35.5. The molecule has 0 aliphatic heterocycles. The van der Waals surface area contributed by atoms with E-state index in [0.29, 0.717) is 0 Å². The molecule has 96 valence electrons. The second kappa shape index (κ2) is 6.72. The Labute approximate surface area is 113 Å². The maximum atomic E-state index is 6.17. The molecule has 1 N–H and O–H groups in total. The summed E-state index contributed by atoms with van der Waals surface area (Å²) in [6.07, 6.45) is 4.02. The Balaban J connectivity index is 1.91. The summed E-state index contributed by atoms with van der Waals surface area (Å²) < 4.78 is 0. The molecule has 1 atom stereocenters. The first-order valence-electron chi connectivity index (χ1n) is 6.48. The number of nitrogens with zero attached hydrogens (tertiary/aromatic N) is 1. The van der Waals surface area contributed by atoms with Gasteiger partial charge in [-0.2, -0.15) is 0 Å². The summed E-state index contributed by atoms with van der Waals surface area (Å²) >= 11 is 6.17. The van der Waals surface area contributed by atoms with E-state index in [4.69, 9.17) is 11.6 Å². The van der Waals surface area contributed by atoms with Crippen LogP contribution in [0.2, 0.25) is 0 Å². The number of rotatable bonds is 6. The fourth-order valence-electron chi connectivity index (χ4n) is 2.02. The first-order chi connectivity index (χ1) is 8.79. The molecular weight excluding hydrogens is 244 g/mol. The van der Waals surface area contributed by atoms with Gasteiger partial charge in [0.1, 0.15) is 0 Å². The standard InChI is InChI=1S/C15H19ClN2/c1-2-4-14(16)11-17-10-12-6-7-15-13(9-12)5-3-8-18-15/h3,5-9,14,17H,2,4,10-11H2,1H3. The lowest BCUT2D eigenvalue weighted by atomic mass is 10.1. The third kappa shape index (κ3) is 3.69. The number of aromatic nitrogens is 1. The van der Waals surface area contributed by atoms with E-state index >= 15 is 0 Å². The van der Waals surface area contributed by atoms with Crippen molar-refractivity contribution in [1.29, 1.82) is 0 Å². The van der Waals surface area contributed by atoms with Crippen molar-refractivity contribution >= 4 is 22.5 Å². The predicted octanol–water partition coefficient (Wildman–Crippen LogP) is 3.73. The zero-order chi connectivity index (χ0) is 12.8. The van der Waals surface area contributed by atoms with Crippen LogP contribution in [0.15, 0.2) is 36.5 Å². The largest absolute Gasteiger partial charge is 0.311 e. The molecule has 2 aromatic rings. The van der Waals surface area contributed by atoms with Gasteiger partial charge in [-0.15, -0.1) is 11.6 Å². The smallest absolute Gasteiger partial charge is 0.0702 e. The van der Waals surface area contributed by atoms with Crippen LogP contribution >= 0.6 is 11.6 Å². The lowest BCUT2D eigenvalue weighted by Crippen LogP contribution is -2.22. The van der Waals surface area contributed by atoms with E-state index < -0.39 is 0 Å². The van der Waals surface area contributed by atoms with Crippen LogP contribution in [0.25, 0.3) is 10.9 Å². The molecule has 1 heterocycles. The van der Waals surface area contributed by atoms with Gasteiger partial charge < -0.3 is 5.32 Å². The topological polar surface area (TPSA) is 24.9 Å². The van der Waals surface area contributed by atoms with Gasteiger partial charge >= 0.3 is 0 Å². The van der Waals surface area contributed by atoms with Gasteiger partial charge in [0.25, 0.3) is 0 Å². The maximum absolute atomic E-state index is 6.17. The Morgan fingerprint density at radius 3 is 3.06 bits per heavy atom. The predicted molar refractivity (Wildman–Crippen MR) is 78.0 cm³/mol. The zero-order valence-electron chi connectivity index (χ0n) is 10.7. The van der Waals surface area contributed by atoms with E-state index in [0.717, 1.165) is 31.4 Å². The van der Waals surface area contributed by atoms with Crippen LogP contribution in [0.4, 0.5) is 0 Å². The van der Waals surface area contributed by atoms with Crippen molar-refractivity contribution in [2.45, 2.75) is 31.7 Å². The minimum Gasteiger partial charge on any atom is -0.311 e. The maximum Gasteiger partial charge on any atom is 0.0702 e. The van der Waals surface area contributed by atoms with Gasteiger partial charge in [0.2, 0.25) is 0 Å². The summed E-state index contributed by atoms with van der Waals surface area (Å²) in [7, 11) is 0. The summed E-state index contributed by atoms with van der Waals surface area (Å²) in [6, 6.07) is 10.4. The number of pyridine rings is 1. The molecule has 0 aliphatic carbocycles. The molecule has 0 radical (unpaired) electrons. The fourth-order valence-corrected chi connectivity index (χ4v) is 2.35. The highest BCUT2D eigenvalue weighted by Gasteiger charge is 2.02. The number of alkyl halides is 1. The fraction of sp³-hybridized carbons (Fsp3) is 0.400. The second-order valence-electron chi connectivity index (χ2n) is 4.55. The van der Waals surface area contributed by atoms with E-state index in [1.807, 2.05) is 12.3 Å². The van der Waals surface area contributed by atoms with E-state index in [2.05, 4.69) is 41.5 Å². The van der Waals surface area contributed by atoms with Crippen LogP contribution in [0.3, 0.4) is 0 Å². The molecule has 0 bridgehead atoms. The minimum atomic E-state index is 0.233. The number of hydrogen-bond acceptors (Lipinski definition) is 2. The van der Waals surface area contributed by atoms with Crippen molar-refractivity contribution in [2.75, 3.05) is 6.54 Å². The highest BCUT2D eigenvalue weighted by Crippen LogP contribution is 2.13. The van der Waals surface area contributed by atoms with Gasteiger partial charge in [0, 0.05) is 30.0 Å². The SMILES string of the molecule is CCCC(Cl)CNCc1ccc2ncccc2c1. The Morgan fingerprint density at radius 1 is 1.33 bits per heavy atom. The molecule has 0 saturated heterocycles. The number of benzene rings is 1. The van der Waals surface area contributed by atoms with Crippen molar-refractivity contribution in [3.8, 4) is 0 Å². The number of fused-ring (bicyclic) bond motifs is 1. The summed E-state index contributed by atoms with van der Waals surface area (Å²) in [6.45, 7) is 3.88. The average molecular weight is 263 g/mol. The molecule has 0 spiro atoms. The van der Waals surface area contributed by atoms with Crippen LogP contribution < -0.4 is 5.32 Å². The van der Waals surface area contributed by atoms with Crippen molar-refractivity contribution in [3.05, 3.63) is 42.1 Å². The second-order valence-corrected chi connectivity index (χ2v) is 5.16. The van der Waals surface area contributed by atoms with Gasteiger partial charge in [-0.05, 0) is 30.2 Å². The molecule has 1 unspecified atom stereocenters. The molecule has 1 aromatic carbocycles. The molecule has 3 heteroatoms. The van der Waals surface area contributed by atoms with Gasteiger partial charge in [-0.1, -0.05) is 25.5 Å². The molecule has 1 aromatic heterocycles. The van der Waals surface area contributed by atoms with E-state index in [-0.39, 0.29) is 5.38 Å². The van der Waals surface area contributed by atoms with Crippen LogP contribution in [0, 0.1) is 0 Å². The van der Waals surface area contributed by atoms with Gasteiger partial charge in [0.05, 0.1) is 5.52 Å². The molecule has 0 aliphatic rings. The van der Waals surface area contributed by atoms with E-state index in [1.54, 1.807) is 0 Å². The third-order valence-corrected chi connectivity index (χ3v) is 3.34. The Morgan fingerprint density at radius 2 is 2.22 bits per heavy atom. The lowest BCUT2D eigenvalue weighted by Gasteiger charge is -2.10. The molecule has 2 rings (SSSR count). The van der Waals surface area contributed by atoms with E-state index in [9.17, 15) is 0 Å². The molecule has 2 nitrogen and oxygen atoms in total. The Hall–Kier alpha value is -1.12. The zero-order valence-corrected chi connectivity index (χ0v) is 11.5. The number of halogens is 1. The van der Waals surface area contributed by atoms with Crippen LogP contribution in [-0.4, -0.2) is 16.9 Å². The van der Waals surface area contributed by atoms with E-state index in [1.165, 1.54) is 10.9 Å². The van der Waals surface area contributed by atoms with Gasteiger partial charge in [-0.25, -0.2) is 0 Å². The Kier molecular flexibility index (Phi) is 4.97. The van der Waals surface area contributed by atoms with Crippen LogP contribution in [0.1, 0.15) is 25.3 Å². The average Bonchev–Trinajstić information content (AvgIpc) is 2.39. The summed E-state index contributed by atoms with van der Waals surface area (Å²) in [5.74, 6) is 0. The van der Waals surface area contributed by atoms with Gasteiger partial charge in [0.15, 0.2) is 0 Å². The number of nitrogens with one attached hydrogen (secondary N) is 1. The summed E-state index contributed by atoms with van der Waals surface area (Å²) in [5.41, 5.74) is 2.32. The molecule has 0 amide bonds. The molecule has 0 fully saturated rings. The highest BCUT2D eigenvalue weighted by molar-refractivity contribution is 6.20. The lowest BCUT2D eigenvalue weighted by molar-refractivity contribution is 0.623.